The van der Waals surface area contributed by atoms with E-state index in [1.165, 1.54) is 0 Å². The topological polar surface area (TPSA) is 35.8 Å². The van der Waals surface area contributed by atoms with Crippen LogP contribution >= 0.6 is 0 Å². The Kier molecular flexibility index (Phi) is 12.5. The largest absolute Gasteiger partial charge is 0.301 e. The lowest BCUT2D eigenvalue weighted by Crippen LogP contribution is -2.14. The Bertz CT molecular complexity index is 300. The Hall–Kier alpha value is -1.33. The molecule has 90 valence electrons. The summed E-state index contributed by atoms with van der Waals surface area (Å²) < 4.78 is 0. The van der Waals surface area contributed by atoms with Crippen molar-refractivity contribution in [3.05, 3.63) is 35.4 Å². The van der Waals surface area contributed by atoms with E-state index in [1.807, 2.05) is 58.9 Å². The van der Waals surface area contributed by atoms with Gasteiger partial charge in [-0.05, 0) is 25.1 Å². The van der Waals surface area contributed by atoms with Crippen LogP contribution in [0.3, 0.4) is 0 Å². The quantitative estimate of drug-likeness (QED) is 0.822. The zero-order chi connectivity index (χ0) is 13.0. The van der Waals surface area contributed by atoms with E-state index in [4.69, 9.17) is 5.26 Å². The molecule has 0 fully saturated rings. The van der Waals surface area contributed by atoms with E-state index in [0.29, 0.717) is 0 Å². The van der Waals surface area contributed by atoms with Crippen LogP contribution in [0.15, 0.2) is 24.3 Å². The molecular weight excluding hydrogens is 196 g/mol. The summed E-state index contributed by atoms with van der Waals surface area (Å²) >= 11 is 0. The maximum Gasteiger partial charge on any atom is 0.121 e. The molecule has 0 saturated carbocycles. The zero-order valence-electron chi connectivity index (χ0n) is 11.3. The van der Waals surface area contributed by atoms with Gasteiger partial charge in [0.15, 0.2) is 0 Å². The number of hydrogen-bond acceptors (Lipinski definition) is 2. The number of aryl methyl sites for hydroxylation is 1. The predicted octanol–water partition coefficient (Wildman–Crippen LogP) is 3.83. The molecule has 0 bridgehead atoms. The highest BCUT2D eigenvalue weighted by atomic mass is 14.9. The molecule has 16 heavy (non-hydrogen) atoms. The van der Waals surface area contributed by atoms with Crippen molar-refractivity contribution in [3.63, 3.8) is 0 Å². The average Bonchev–Trinajstić information content (AvgIpc) is 2.38. The monoisotopic (exact) mass is 220 g/mol. The van der Waals surface area contributed by atoms with E-state index >= 15 is 0 Å². The molecule has 1 N–H and O–H groups in total. The van der Waals surface area contributed by atoms with Crippen molar-refractivity contribution >= 4 is 0 Å². The van der Waals surface area contributed by atoms with Crippen LogP contribution in [0.25, 0.3) is 0 Å². The van der Waals surface area contributed by atoms with Crippen molar-refractivity contribution in [3.8, 4) is 6.07 Å². The minimum Gasteiger partial charge on any atom is -0.301 e. The molecule has 0 heterocycles. The van der Waals surface area contributed by atoms with E-state index in [1.54, 1.807) is 7.05 Å². The van der Waals surface area contributed by atoms with E-state index < -0.39 is 0 Å². The van der Waals surface area contributed by atoms with Crippen molar-refractivity contribution < 1.29 is 0 Å². The molecule has 0 aromatic heterocycles. The van der Waals surface area contributed by atoms with Gasteiger partial charge in [0.1, 0.15) is 6.04 Å². The van der Waals surface area contributed by atoms with Crippen LogP contribution < -0.4 is 5.32 Å². The van der Waals surface area contributed by atoms with Gasteiger partial charge in [-0.15, -0.1) is 0 Å². The number of nitriles is 1. The molecule has 0 aliphatic carbocycles. The Morgan fingerprint density at radius 3 is 2.00 bits per heavy atom. The molecule has 0 amide bonds. The van der Waals surface area contributed by atoms with Gasteiger partial charge in [0.05, 0.1) is 6.07 Å². The highest BCUT2D eigenvalue weighted by Gasteiger charge is 2.08. The van der Waals surface area contributed by atoms with Gasteiger partial charge in [0.2, 0.25) is 0 Å². The highest BCUT2D eigenvalue weighted by molar-refractivity contribution is 5.31. The first kappa shape index (κ1) is 17.1. The number of nitrogens with one attached hydrogen (secondary N) is 1. The number of rotatable bonds is 2. The van der Waals surface area contributed by atoms with E-state index in [0.717, 1.165) is 11.1 Å². The third-order valence-corrected chi connectivity index (χ3v) is 1.92. The van der Waals surface area contributed by atoms with E-state index in [9.17, 15) is 0 Å². The molecule has 0 spiro atoms. The first-order valence-electron chi connectivity index (χ1n) is 5.92. The number of nitrogens with zero attached hydrogens (tertiary/aromatic N) is 1. The summed E-state index contributed by atoms with van der Waals surface area (Å²) in [4.78, 5) is 0. The SMILES string of the molecule is CC.CC.CNC(C#N)c1ccccc1C. The minimum absolute atomic E-state index is 0.189. The van der Waals surface area contributed by atoms with Gasteiger partial charge in [0.25, 0.3) is 0 Å². The van der Waals surface area contributed by atoms with Crippen LogP contribution in [0, 0.1) is 18.3 Å². The van der Waals surface area contributed by atoms with Gasteiger partial charge in [-0.3, -0.25) is 0 Å². The Balaban J connectivity index is 0. The van der Waals surface area contributed by atoms with Crippen LogP contribution in [0.1, 0.15) is 44.9 Å². The molecule has 1 aromatic carbocycles. The van der Waals surface area contributed by atoms with Crippen molar-refractivity contribution in [2.24, 2.45) is 0 Å². The van der Waals surface area contributed by atoms with Crippen LogP contribution in [0.4, 0.5) is 0 Å². The maximum absolute atomic E-state index is 8.79. The molecule has 2 heteroatoms. The van der Waals surface area contributed by atoms with Crippen LogP contribution in [-0.2, 0) is 0 Å². The third-order valence-electron chi connectivity index (χ3n) is 1.92. The van der Waals surface area contributed by atoms with Crippen LogP contribution in [-0.4, -0.2) is 7.05 Å². The molecular formula is C14H24N2. The lowest BCUT2D eigenvalue weighted by Gasteiger charge is -2.10. The Morgan fingerprint density at radius 2 is 1.62 bits per heavy atom. The Labute approximate surface area is 100 Å². The second kappa shape index (κ2) is 11.7. The van der Waals surface area contributed by atoms with Gasteiger partial charge in [-0.2, -0.15) is 5.26 Å². The number of benzene rings is 1. The maximum atomic E-state index is 8.79. The summed E-state index contributed by atoms with van der Waals surface area (Å²) in [6.07, 6.45) is 0. The van der Waals surface area contributed by atoms with Gasteiger partial charge in [-0.25, -0.2) is 0 Å². The standard InChI is InChI=1S/C10H12N2.2C2H6/c1-8-5-3-4-6-9(8)10(7-11)12-2;2*1-2/h3-6,10,12H,1-2H3;2*1-2H3. The fourth-order valence-electron chi connectivity index (χ4n) is 1.20. The summed E-state index contributed by atoms with van der Waals surface area (Å²) in [6, 6.07) is 9.92. The molecule has 1 atom stereocenters. The van der Waals surface area contributed by atoms with Gasteiger partial charge in [0, 0.05) is 0 Å². The van der Waals surface area contributed by atoms with E-state index in [2.05, 4.69) is 11.4 Å². The molecule has 2 nitrogen and oxygen atoms in total. The fraction of sp³-hybridized carbons (Fsp3) is 0.500. The molecule has 1 unspecified atom stereocenters. The lowest BCUT2D eigenvalue weighted by atomic mass is 10.0. The van der Waals surface area contributed by atoms with E-state index in [-0.39, 0.29) is 6.04 Å². The first-order valence-corrected chi connectivity index (χ1v) is 5.92. The summed E-state index contributed by atoms with van der Waals surface area (Å²) in [5, 5.41) is 11.7. The van der Waals surface area contributed by atoms with Crippen molar-refractivity contribution in [2.75, 3.05) is 7.05 Å². The zero-order valence-corrected chi connectivity index (χ0v) is 11.3. The normalized spacial score (nSPS) is 9.81. The van der Waals surface area contributed by atoms with Crippen molar-refractivity contribution in [1.29, 1.82) is 5.26 Å². The molecule has 0 saturated heterocycles. The molecule has 1 aromatic rings. The summed E-state index contributed by atoms with van der Waals surface area (Å²) in [6.45, 7) is 10.0. The highest BCUT2D eigenvalue weighted by Crippen LogP contribution is 2.15. The summed E-state index contributed by atoms with van der Waals surface area (Å²) in [5.74, 6) is 0. The van der Waals surface area contributed by atoms with Crippen molar-refractivity contribution in [2.45, 2.75) is 40.7 Å². The summed E-state index contributed by atoms with van der Waals surface area (Å²) in [7, 11) is 1.79. The fourth-order valence-corrected chi connectivity index (χ4v) is 1.20. The van der Waals surface area contributed by atoms with Crippen LogP contribution in [0.5, 0.6) is 0 Å². The number of hydrogen-bond donors (Lipinski definition) is 1. The molecule has 0 radical (unpaired) electrons. The smallest absolute Gasteiger partial charge is 0.121 e. The predicted molar refractivity (Wildman–Crippen MR) is 71.3 cm³/mol. The molecule has 1 rings (SSSR count). The Morgan fingerprint density at radius 1 is 1.12 bits per heavy atom. The lowest BCUT2D eigenvalue weighted by molar-refractivity contribution is 0.722. The second-order valence-electron chi connectivity index (χ2n) is 2.71. The van der Waals surface area contributed by atoms with Crippen molar-refractivity contribution in [1.82, 2.24) is 5.32 Å². The molecule has 0 aliphatic rings. The second-order valence-corrected chi connectivity index (χ2v) is 2.71. The molecule has 0 aliphatic heterocycles. The summed E-state index contributed by atoms with van der Waals surface area (Å²) in [5.41, 5.74) is 2.21. The third kappa shape index (κ3) is 5.53. The van der Waals surface area contributed by atoms with Gasteiger partial charge >= 0.3 is 0 Å². The van der Waals surface area contributed by atoms with Gasteiger partial charge < -0.3 is 5.32 Å². The minimum atomic E-state index is -0.189. The van der Waals surface area contributed by atoms with Gasteiger partial charge in [-0.1, -0.05) is 52.0 Å². The average molecular weight is 220 g/mol. The first-order chi connectivity index (χ1) is 7.79. The van der Waals surface area contributed by atoms with Crippen LogP contribution in [0.2, 0.25) is 0 Å².